The van der Waals surface area contributed by atoms with E-state index in [1.807, 2.05) is 0 Å². The maximum Gasteiger partial charge on any atom is 0.231 e. The highest BCUT2D eigenvalue weighted by atomic mass is 16.3. The Morgan fingerprint density at radius 3 is 2.92 bits per heavy atom. The molecule has 0 spiro atoms. The number of carbonyl (C=O) groups is 1. The Hall–Kier alpha value is -1.71. The third kappa shape index (κ3) is 0.950. The molecule has 2 rings (SSSR count). The highest BCUT2D eigenvalue weighted by Gasteiger charge is 2.27. The number of nitrogens with zero attached hydrogens (tertiary/aromatic N) is 1. The molecule has 1 aliphatic heterocycles. The summed E-state index contributed by atoms with van der Waals surface area (Å²) in [5, 5.41) is 9.55. The van der Waals surface area contributed by atoms with E-state index in [9.17, 15) is 9.90 Å². The van der Waals surface area contributed by atoms with E-state index in [0.29, 0.717) is 11.3 Å². The van der Waals surface area contributed by atoms with Gasteiger partial charge >= 0.3 is 0 Å². The van der Waals surface area contributed by atoms with Crippen molar-refractivity contribution in [2.24, 2.45) is 0 Å². The first-order chi connectivity index (χ1) is 6.11. The van der Waals surface area contributed by atoms with E-state index in [0.717, 1.165) is 5.69 Å². The molecule has 1 aromatic carbocycles. The van der Waals surface area contributed by atoms with Gasteiger partial charge in [-0.15, -0.1) is 0 Å². The van der Waals surface area contributed by atoms with Crippen molar-refractivity contribution in [2.75, 3.05) is 17.7 Å². The number of hydrogen-bond acceptors (Lipinski definition) is 3. The Morgan fingerprint density at radius 1 is 1.54 bits per heavy atom. The number of carbonyl (C=O) groups excluding carboxylic acids is 1. The van der Waals surface area contributed by atoms with Gasteiger partial charge in [-0.25, -0.2) is 0 Å². The summed E-state index contributed by atoms with van der Waals surface area (Å²) >= 11 is 0. The lowest BCUT2D eigenvalue weighted by Crippen LogP contribution is -2.20. The molecule has 0 aromatic heterocycles. The first kappa shape index (κ1) is 7.91. The molecular weight excluding hydrogens is 168 g/mol. The topological polar surface area (TPSA) is 66.6 Å². The minimum Gasteiger partial charge on any atom is -0.505 e. The van der Waals surface area contributed by atoms with Crippen molar-refractivity contribution >= 4 is 17.3 Å². The third-order valence-corrected chi connectivity index (χ3v) is 2.35. The smallest absolute Gasteiger partial charge is 0.231 e. The quantitative estimate of drug-likeness (QED) is 0.449. The molecule has 13 heavy (non-hydrogen) atoms. The Kier molecular flexibility index (Phi) is 1.45. The van der Waals surface area contributed by atoms with E-state index in [4.69, 9.17) is 5.73 Å². The summed E-state index contributed by atoms with van der Waals surface area (Å²) in [4.78, 5) is 12.8. The minimum absolute atomic E-state index is 0.0177. The first-order valence-corrected chi connectivity index (χ1v) is 3.98. The van der Waals surface area contributed by atoms with Gasteiger partial charge in [0.1, 0.15) is 5.75 Å². The summed E-state index contributed by atoms with van der Waals surface area (Å²) in [5.41, 5.74) is 7.20. The second-order valence-electron chi connectivity index (χ2n) is 3.13. The number of rotatable bonds is 0. The van der Waals surface area contributed by atoms with Crippen molar-refractivity contribution in [1.82, 2.24) is 0 Å². The molecule has 1 aliphatic rings. The highest BCUT2D eigenvalue weighted by Crippen LogP contribution is 2.37. The molecule has 0 atom stereocenters. The number of phenolic OH excluding ortho intramolecular Hbond substituents is 1. The zero-order chi connectivity index (χ0) is 9.59. The van der Waals surface area contributed by atoms with Crippen molar-refractivity contribution in [3.8, 4) is 5.75 Å². The largest absolute Gasteiger partial charge is 0.505 e. The van der Waals surface area contributed by atoms with Gasteiger partial charge in [-0.1, -0.05) is 0 Å². The predicted molar refractivity (Wildman–Crippen MR) is 49.6 cm³/mol. The normalized spacial score (nSPS) is 14.8. The standard InChI is InChI=1S/C9H10N2O2/c1-11-7-3-2-6(10)9(13)5(7)4-8(11)12/h2-3,13H,4,10H2,1H3. The van der Waals surface area contributed by atoms with E-state index < -0.39 is 0 Å². The average molecular weight is 178 g/mol. The summed E-state index contributed by atoms with van der Waals surface area (Å²) in [6.07, 6.45) is 0.239. The maximum atomic E-state index is 11.3. The van der Waals surface area contributed by atoms with Gasteiger partial charge in [-0.2, -0.15) is 0 Å². The van der Waals surface area contributed by atoms with Crippen LogP contribution < -0.4 is 10.6 Å². The summed E-state index contributed by atoms with van der Waals surface area (Å²) in [6, 6.07) is 3.35. The molecule has 1 heterocycles. The van der Waals surface area contributed by atoms with Gasteiger partial charge < -0.3 is 15.7 Å². The fourth-order valence-electron chi connectivity index (χ4n) is 1.54. The lowest BCUT2D eigenvalue weighted by atomic mass is 10.1. The summed E-state index contributed by atoms with van der Waals surface area (Å²) in [7, 11) is 1.68. The van der Waals surface area contributed by atoms with E-state index in [1.165, 1.54) is 4.90 Å². The van der Waals surface area contributed by atoms with Crippen LogP contribution in [0.15, 0.2) is 12.1 Å². The van der Waals surface area contributed by atoms with E-state index in [2.05, 4.69) is 0 Å². The van der Waals surface area contributed by atoms with E-state index >= 15 is 0 Å². The predicted octanol–water partition coefficient (Wildman–Crippen LogP) is 0.493. The number of hydrogen-bond donors (Lipinski definition) is 2. The number of phenols is 1. The van der Waals surface area contributed by atoms with Gasteiger partial charge in [-0.05, 0) is 12.1 Å². The van der Waals surface area contributed by atoms with Crippen LogP contribution in [0, 0.1) is 0 Å². The lowest BCUT2D eigenvalue weighted by molar-refractivity contribution is -0.117. The number of amides is 1. The molecule has 68 valence electrons. The van der Waals surface area contributed by atoms with Gasteiger partial charge in [0, 0.05) is 12.6 Å². The minimum atomic E-state index is -0.0177. The zero-order valence-electron chi connectivity index (χ0n) is 7.24. The van der Waals surface area contributed by atoms with Crippen molar-refractivity contribution in [2.45, 2.75) is 6.42 Å². The Bertz CT molecular complexity index is 387. The van der Waals surface area contributed by atoms with Gasteiger partial charge in [0.15, 0.2) is 0 Å². The molecule has 0 unspecified atom stereocenters. The molecule has 1 aromatic rings. The fourth-order valence-corrected chi connectivity index (χ4v) is 1.54. The number of anilines is 2. The van der Waals surface area contributed by atoms with Crippen LogP contribution >= 0.6 is 0 Å². The van der Waals surface area contributed by atoms with Gasteiger partial charge in [0.25, 0.3) is 0 Å². The van der Waals surface area contributed by atoms with Crippen molar-refractivity contribution < 1.29 is 9.90 Å². The number of aromatic hydroxyl groups is 1. The van der Waals surface area contributed by atoms with Crippen molar-refractivity contribution in [1.29, 1.82) is 0 Å². The Balaban J connectivity index is 2.64. The zero-order valence-corrected chi connectivity index (χ0v) is 7.24. The average Bonchev–Trinajstić information content (AvgIpc) is 2.38. The van der Waals surface area contributed by atoms with Crippen LogP contribution in [0.25, 0.3) is 0 Å². The molecule has 0 saturated heterocycles. The van der Waals surface area contributed by atoms with Crippen LogP contribution in [0.5, 0.6) is 5.75 Å². The number of likely N-dealkylation sites (N-methyl/N-ethyl adjacent to an activating group) is 1. The second-order valence-corrected chi connectivity index (χ2v) is 3.13. The van der Waals surface area contributed by atoms with E-state index in [1.54, 1.807) is 19.2 Å². The molecule has 0 aliphatic carbocycles. The van der Waals surface area contributed by atoms with Gasteiger partial charge in [0.05, 0.1) is 17.8 Å². The molecule has 1 amide bonds. The summed E-state index contributed by atoms with van der Waals surface area (Å²) in [5.74, 6) is 0.0195. The molecule has 4 nitrogen and oxygen atoms in total. The molecular formula is C9H10N2O2. The number of fused-ring (bicyclic) bond motifs is 1. The van der Waals surface area contributed by atoms with Crippen LogP contribution in [0.4, 0.5) is 11.4 Å². The molecule has 4 heteroatoms. The second kappa shape index (κ2) is 2.39. The van der Waals surface area contributed by atoms with Crippen LogP contribution in [0.1, 0.15) is 5.56 Å². The highest BCUT2D eigenvalue weighted by molar-refractivity contribution is 6.02. The lowest BCUT2D eigenvalue weighted by Gasteiger charge is -2.10. The number of benzene rings is 1. The molecule has 0 radical (unpaired) electrons. The fraction of sp³-hybridized carbons (Fsp3) is 0.222. The van der Waals surface area contributed by atoms with Crippen LogP contribution in [-0.4, -0.2) is 18.1 Å². The van der Waals surface area contributed by atoms with E-state index in [-0.39, 0.29) is 18.1 Å². The van der Waals surface area contributed by atoms with Gasteiger partial charge in [-0.3, -0.25) is 4.79 Å². The SMILES string of the molecule is CN1C(=O)Cc2c1ccc(N)c2O. The molecule has 3 N–H and O–H groups in total. The maximum absolute atomic E-state index is 11.3. The Labute approximate surface area is 75.6 Å². The monoisotopic (exact) mass is 178 g/mol. The number of nitrogens with two attached hydrogens (primary N) is 1. The number of nitrogen functional groups attached to an aromatic ring is 1. The molecule has 0 saturated carbocycles. The van der Waals surface area contributed by atoms with Crippen LogP contribution in [0.3, 0.4) is 0 Å². The van der Waals surface area contributed by atoms with Crippen molar-refractivity contribution in [3.05, 3.63) is 17.7 Å². The van der Waals surface area contributed by atoms with Gasteiger partial charge in [0.2, 0.25) is 5.91 Å². The van der Waals surface area contributed by atoms with Crippen molar-refractivity contribution in [3.63, 3.8) is 0 Å². The summed E-state index contributed by atoms with van der Waals surface area (Å²) < 4.78 is 0. The first-order valence-electron chi connectivity index (χ1n) is 3.98. The van der Waals surface area contributed by atoms with Crippen LogP contribution in [-0.2, 0) is 11.2 Å². The summed E-state index contributed by atoms with van der Waals surface area (Å²) in [6.45, 7) is 0. The molecule has 0 bridgehead atoms. The third-order valence-electron chi connectivity index (χ3n) is 2.35. The Morgan fingerprint density at radius 2 is 2.23 bits per heavy atom. The molecule has 0 fully saturated rings. The van der Waals surface area contributed by atoms with Crippen LogP contribution in [0.2, 0.25) is 0 Å².